The van der Waals surface area contributed by atoms with Gasteiger partial charge in [0.05, 0.1) is 13.7 Å². The molecular formula is C21H23NO2. The fourth-order valence-corrected chi connectivity index (χ4v) is 3.54. The number of furan rings is 1. The van der Waals surface area contributed by atoms with E-state index in [0.29, 0.717) is 6.04 Å². The van der Waals surface area contributed by atoms with Gasteiger partial charge in [-0.25, -0.2) is 0 Å². The summed E-state index contributed by atoms with van der Waals surface area (Å²) >= 11 is 0. The van der Waals surface area contributed by atoms with Crippen molar-refractivity contribution in [3.8, 4) is 5.75 Å². The predicted octanol–water partition coefficient (Wildman–Crippen LogP) is 5.07. The van der Waals surface area contributed by atoms with Crippen molar-refractivity contribution in [1.82, 2.24) is 5.32 Å². The molecule has 3 nitrogen and oxygen atoms in total. The molecule has 0 bridgehead atoms. The molecule has 0 spiro atoms. The zero-order valence-electron chi connectivity index (χ0n) is 14.0. The van der Waals surface area contributed by atoms with Crippen molar-refractivity contribution in [2.24, 2.45) is 5.92 Å². The first kappa shape index (κ1) is 15.3. The van der Waals surface area contributed by atoms with E-state index in [9.17, 15) is 0 Å². The van der Waals surface area contributed by atoms with Crippen LogP contribution in [0, 0.1) is 5.92 Å². The lowest BCUT2D eigenvalue weighted by molar-refractivity contribution is 0.226. The van der Waals surface area contributed by atoms with Crippen LogP contribution in [-0.4, -0.2) is 7.11 Å². The van der Waals surface area contributed by atoms with Crippen LogP contribution in [0.2, 0.25) is 0 Å². The minimum absolute atomic E-state index is 0.398. The highest BCUT2D eigenvalue weighted by Crippen LogP contribution is 2.38. The van der Waals surface area contributed by atoms with Gasteiger partial charge in [0.1, 0.15) is 5.76 Å². The molecule has 0 amide bonds. The Bertz CT molecular complexity index is 805. The van der Waals surface area contributed by atoms with Crippen LogP contribution < -0.4 is 10.1 Å². The number of hydrogen-bond acceptors (Lipinski definition) is 3. The number of para-hydroxylation sites is 1. The van der Waals surface area contributed by atoms with Gasteiger partial charge in [0.15, 0.2) is 11.3 Å². The van der Waals surface area contributed by atoms with Crippen LogP contribution in [0.15, 0.2) is 59.0 Å². The van der Waals surface area contributed by atoms with E-state index in [1.54, 1.807) is 7.11 Å². The van der Waals surface area contributed by atoms with E-state index in [1.165, 1.54) is 24.8 Å². The first-order chi connectivity index (χ1) is 11.8. The fraction of sp³-hybridized carbons (Fsp3) is 0.333. The predicted molar refractivity (Wildman–Crippen MR) is 96.1 cm³/mol. The number of ether oxygens (including phenoxy) is 1. The highest BCUT2D eigenvalue weighted by Gasteiger charge is 2.28. The van der Waals surface area contributed by atoms with Gasteiger partial charge in [-0.05, 0) is 36.5 Å². The average molecular weight is 321 g/mol. The Morgan fingerprint density at radius 1 is 1.12 bits per heavy atom. The lowest BCUT2D eigenvalue weighted by atomic mass is 9.77. The van der Waals surface area contributed by atoms with Crippen molar-refractivity contribution in [3.05, 3.63) is 65.9 Å². The average Bonchev–Trinajstić information content (AvgIpc) is 3.00. The Morgan fingerprint density at radius 2 is 1.96 bits per heavy atom. The van der Waals surface area contributed by atoms with Crippen LogP contribution in [0.4, 0.5) is 0 Å². The molecule has 3 aromatic rings. The molecule has 0 saturated heterocycles. The van der Waals surface area contributed by atoms with E-state index in [0.717, 1.165) is 34.9 Å². The smallest absolute Gasteiger partial charge is 0.176 e. The fourth-order valence-electron chi connectivity index (χ4n) is 3.54. The first-order valence-corrected chi connectivity index (χ1v) is 8.69. The summed E-state index contributed by atoms with van der Waals surface area (Å²) in [6.45, 7) is 0.730. The highest BCUT2D eigenvalue weighted by atomic mass is 16.5. The lowest BCUT2D eigenvalue weighted by Gasteiger charge is -2.34. The Balaban J connectivity index is 1.54. The summed E-state index contributed by atoms with van der Waals surface area (Å²) in [7, 11) is 1.68. The summed E-state index contributed by atoms with van der Waals surface area (Å²) in [5, 5.41) is 4.81. The van der Waals surface area contributed by atoms with Gasteiger partial charge in [-0.1, -0.05) is 48.9 Å². The van der Waals surface area contributed by atoms with Gasteiger partial charge in [0.25, 0.3) is 0 Å². The zero-order valence-corrected chi connectivity index (χ0v) is 14.0. The molecule has 2 aromatic carbocycles. The third kappa shape index (κ3) is 2.92. The molecular weight excluding hydrogens is 298 g/mol. The molecule has 0 radical (unpaired) electrons. The Labute approximate surface area is 142 Å². The van der Waals surface area contributed by atoms with Crippen LogP contribution in [0.25, 0.3) is 11.0 Å². The van der Waals surface area contributed by atoms with E-state index in [-0.39, 0.29) is 0 Å². The topological polar surface area (TPSA) is 34.4 Å². The molecule has 1 aromatic heterocycles. The van der Waals surface area contributed by atoms with Crippen LogP contribution >= 0.6 is 0 Å². The van der Waals surface area contributed by atoms with Gasteiger partial charge in [-0.15, -0.1) is 0 Å². The minimum atomic E-state index is 0.398. The van der Waals surface area contributed by atoms with Gasteiger partial charge < -0.3 is 14.5 Å². The Morgan fingerprint density at radius 3 is 2.67 bits per heavy atom. The maximum absolute atomic E-state index is 6.02. The third-order valence-electron chi connectivity index (χ3n) is 5.06. The van der Waals surface area contributed by atoms with Crippen LogP contribution in [0.5, 0.6) is 5.75 Å². The van der Waals surface area contributed by atoms with E-state index >= 15 is 0 Å². The minimum Gasteiger partial charge on any atom is -0.493 e. The monoisotopic (exact) mass is 321 g/mol. The second-order valence-electron chi connectivity index (χ2n) is 6.55. The standard InChI is InChI=1S/C21H23NO2/c1-23-19-12-6-11-17-13-18(24-21(17)19)14-22-20(16-9-5-10-16)15-7-3-2-4-8-15/h2-4,6-8,11-13,16,20,22H,5,9-10,14H2,1H3. The maximum Gasteiger partial charge on any atom is 0.176 e. The molecule has 1 fully saturated rings. The number of nitrogens with one attached hydrogen (secondary N) is 1. The zero-order chi connectivity index (χ0) is 16.4. The van der Waals surface area contributed by atoms with Gasteiger partial charge in [-0.3, -0.25) is 0 Å². The number of methoxy groups -OCH3 is 1. The number of benzene rings is 2. The van der Waals surface area contributed by atoms with Crippen molar-refractivity contribution in [2.45, 2.75) is 31.8 Å². The van der Waals surface area contributed by atoms with E-state index in [2.05, 4.69) is 47.8 Å². The molecule has 24 heavy (non-hydrogen) atoms. The van der Waals surface area contributed by atoms with E-state index in [4.69, 9.17) is 9.15 Å². The summed E-state index contributed by atoms with van der Waals surface area (Å²) in [5.41, 5.74) is 2.20. The van der Waals surface area contributed by atoms with Gasteiger partial charge >= 0.3 is 0 Å². The number of rotatable bonds is 6. The molecule has 1 N–H and O–H groups in total. The van der Waals surface area contributed by atoms with Crippen molar-refractivity contribution in [1.29, 1.82) is 0 Å². The molecule has 0 aliphatic heterocycles. The molecule has 1 aliphatic rings. The van der Waals surface area contributed by atoms with E-state index < -0.39 is 0 Å². The highest BCUT2D eigenvalue weighted by molar-refractivity contribution is 5.83. The maximum atomic E-state index is 6.02. The Hall–Kier alpha value is -2.26. The summed E-state index contributed by atoms with van der Waals surface area (Å²) < 4.78 is 11.4. The SMILES string of the molecule is COc1cccc2cc(CNC(c3ccccc3)C3CCC3)oc12. The van der Waals surface area contributed by atoms with Crippen LogP contribution in [0.1, 0.15) is 36.6 Å². The Kier molecular flexibility index (Phi) is 4.26. The molecule has 3 heteroatoms. The normalized spacial score (nSPS) is 16.0. The lowest BCUT2D eigenvalue weighted by Crippen LogP contribution is -2.31. The van der Waals surface area contributed by atoms with Crippen molar-refractivity contribution < 1.29 is 9.15 Å². The van der Waals surface area contributed by atoms with Crippen molar-refractivity contribution >= 4 is 11.0 Å². The first-order valence-electron chi connectivity index (χ1n) is 8.69. The van der Waals surface area contributed by atoms with Gasteiger partial charge in [0.2, 0.25) is 0 Å². The molecule has 124 valence electrons. The number of hydrogen-bond donors (Lipinski definition) is 1. The largest absolute Gasteiger partial charge is 0.493 e. The second kappa shape index (κ2) is 6.70. The molecule has 1 saturated carbocycles. The molecule has 1 atom stereocenters. The molecule has 1 unspecified atom stereocenters. The summed E-state index contributed by atoms with van der Waals surface area (Å²) in [6, 6.07) is 19.2. The van der Waals surface area contributed by atoms with Crippen molar-refractivity contribution in [2.75, 3.05) is 7.11 Å². The second-order valence-corrected chi connectivity index (χ2v) is 6.55. The number of fused-ring (bicyclic) bond motifs is 1. The van der Waals surface area contributed by atoms with E-state index in [1.807, 2.05) is 12.1 Å². The molecule has 1 heterocycles. The van der Waals surface area contributed by atoms with Crippen LogP contribution in [-0.2, 0) is 6.54 Å². The summed E-state index contributed by atoms with van der Waals surface area (Å²) in [5.74, 6) is 2.47. The molecule has 4 rings (SSSR count). The molecule has 1 aliphatic carbocycles. The van der Waals surface area contributed by atoms with Gasteiger partial charge in [0, 0.05) is 11.4 Å². The van der Waals surface area contributed by atoms with Gasteiger partial charge in [-0.2, -0.15) is 0 Å². The quantitative estimate of drug-likeness (QED) is 0.688. The van der Waals surface area contributed by atoms with Crippen LogP contribution in [0.3, 0.4) is 0 Å². The summed E-state index contributed by atoms with van der Waals surface area (Å²) in [6.07, 6.45) is 3.96. The third-order valence-corrected chi connectivity index (χ3v) is 5.06. The van der Waals surface area contributed by atoms with Crippen molar-refractivity contribution in [3.63, 3.8) is 0 Å². The summed E-state index contributed by atoms with van der Waals surface area (Å²) in [4.78, 5) is 0.